The lowest BCUT2D eigenvalue weighted by Gasteiger charge is -2.19. The number of rotatable bonds is 4. The monoisotopic (exact) mass is 272 g/mol. The van der Waals surface area contributed by atoms with Gasteiger partial charge in [-0.25, -0.2) is 4.39 Å². The number of hydrogen-bond donors (Lipinski definition) is 2. The minimum atomic E-state index is -0.683. The molecule has 0 saturated carbocycles. The van der Waals surface area contributed by atoms with Gasteiger partial charge in [0.2, 0.25) is 5.91 Å². The maximum absolute atomic E-state index is 13.2. The number of primary amides is 1. The van der Waals surface area contributed by atoms with Gasteiger partial charge in [0.15, 0.2) is 0 Å². The number of nitrogens with two attached hydrogens (primary N) is 1. The molecule has 3 N–H and O–H groups in total. The fraction of sp³-hybridized carbons (Fsp3) is 0.188. The van der Waals surface area contributed by atoms with Crippen molar-refractivity contribution >= 4 is 11.6 Å². The van der Waals surface area contributed by atoms with Crippen molar-refractivity contribution in [3.8, 4) is 0 Å². The van der Waals surface area contributed by atoms with Gasteiger partial charge in [0, 0.05) is 5.69 Å². The van der Waals surface area contributed by atoms with Gasteiger partial charge < -0.3 is 11.1 Å². The van der Waals surface area contributed by atoms with Gasteiger partial charge in [-0.2, -0.15) is 0 Å². The third-order valence-corrected chi connectivity index (χ3v) is 3.16. The largest absolute Gasteiger partial charge is 0.370 e. The molecule has 0 saturated heterocycles. The van der Waals surface area contributed by atoms with E-state index in [0.29, 0.717) is 11.1 Å². The van der Waals surface area contributed by atoms with E-state index in [9.17, 15) is 9.18 Å². The van der Waals surface area contributed by atoms with Crippen molar-refractivity contribution in [2.24, 2.45) is 5.73 Å². The van der Waals surface area contributed by atoms with Gasteiger partial charge in [0.1, 0.15) is 11.9 Å². The Hall–Kier alpha value is -2.36. The van der Waals surface area contributed by atoms with Crippen molar-refractivity contribution in [1.82, 2.24) is 0 Å². The molecule has 0 aliphatic carbocycles. The number of hydrogen-bond acceptors (Lipinski definition) is 2. The Morgan fingerprint density at radius 2 is 1.95 bits per heavy atom. The molecule has 4 heteroatoms. The number of aryl methyl sites for hydroxylation is 2. The van der Waals surface area contributed by atoms with E-state index in [1.807, 2.05) is 31.2 Å². The zero-order valence-electron chi connectivity index (χ0n) is 11.5. The predicted octanol–water partition coefficient (Wildman–Crippen LogP) is 3.08. The summed E-state index contributed by atoms with van der Waals surface area (Å²) in [4.78, 5) is 11.7. The number of amides is 1. The van der Waals surface area contributed by atoms with Crippen LogP contribution in [0.2, 0.25) is 0 Å². The molecule has 104 valence electrons. The first-order valence-corrected chi connectivity index (χ1v) is 6.36. The molecule has 3 nitrogen and oxygen atoms in total. The molecule has 2 aromatic carbocycles. The molecule has 0 aliphatic heterocycles. The van der Waals surface area contributed by atoms with Gasteiger partial charge in [0.25, 0.3) is 0 Å². The van der Waals surface area contributed by atoms with E-state index in [-0.39, 0.29) is 5.82 Å². The number of benzene rings is 2. The molecule has 0 spiro atoms. The van der Waals surface area contributed by atoms with Crippen LogP contribution in [0.1, 0.15) is 22.7 Å². The lowest BCUT2D eigenvalue weighted by Crippen LogP contribution is -2.28. The fourth-order valence-corrected chi connectivity index (χ4v) is 2.17. The third-order valence-electron chi connectivity index (χ3n) is 3.16. The Kier molecular flexibility index (Phi) is 4.03. The maximum Gasteiger partial charge on any atom is 0.244 e. The van der Waals surface area contributed by atoms with Crippen LogP contribution in [-0.2, 0) is 4.79 Å². The summed E-state index contributed by atoms with van der Waals surface area (Å²) >= 11 is 0. The lowest BCUT2D eigenvalue weighted by molar-refractivity contribution is -0.118. The Balaban J connectivity index is 2.34. The van der Waals surface area contributed by atoms with Crippen molar-refractivity contribution < 1.29 is 9.18 Å². The molecule has 1 unspecified atom stereocenters. The van der Waals surface area contributed by atoms with Crippen molar-refractivity contribution in [3.05, 3.63) is 65.0 Å². The second-order valence-corrected chi connectivity index (χ2v) is 4.85. The molecule has 1 atom stereocenters. The zero-order chi connectivity index (χ0) is 14.7. The van der Waals surface area contributed by atoms with Crippen molar-refractivity contribution in [3.63, 3.8) is 0 Å². The summed E-state index contributed by atoms with van der Waals surface area (Å²) in [6.07, 6.45) is 0. The van der Waals surface area contributed by atoms with Crippen LogP contribution in [0.3, 0.4) is 0 Å². The number of anilines is 1. The third kappa shape index (κ3) is 3.15. The summed E-state index contributed by atoms with van der Waals surface area (Å²) in [5, 5.41) is 3.10. The molecule has 0 fully saturated rings. The van der Waals surface area contributed by atoms with Gasteiger partial charge in [-0.05, 0) is 54.8 Å². The predicted molar refractivity (Wildman–Crippen MR) is 77.9 cm³/mol. The average Bonchev–Trinajstić information content (AvgIpc) is 2.36. The van der Waals surface area contributed by atoms with Gasteiger partial charge in [-0.1, -0.05) is 18.2 Å². The number of halogens is 1. The van der Waals surface area contributed by atoms with Crippen LogP contribution in [0.15, 0.2) is 42.5 Å². The quantitative estimate of drug-likeness (QED) is 0.898. The topological polar surface area (TPSA) is 55.1 Å². The van der Waals surface area contributed by atoms with Crippen LogP contribution < -0.4 is 11.1 Å². The number of carbonyl (C=O) groups is 1. The minimum Gasteiger partial charge on any atom is -0.370 e. The van der Waals surface area contributed by atoms with E-state index >= 15 is 0 Å². The van der Waals surface area contributed by atoms with Gasteiger partial charge in [0.05, 0.1) is 0 Å². The smallest absolute Gasteiger partial charge is 0.244 e. The maximum atomic E-state index is 13.2. The Labute approximate surface area is 117 Å². The van der Waals surface area contributed by atoms with E-state index in [4.69, 9.17) is 5.73 Å². The number of carbonyl (C=O) groups excluding carboxylic acids is 1. The molecule has 1 amide bonds. The molecular weight excluding hydrogens is 255 g/mol. The molecule has 0 aliphatic rings. The van der Waals surface area contributed by atoms with Crippen molar-refractivity contribution in [2.75, 3.05) is 5.32 Å². The zero-order valence-corrected chi connectivity index (χ0v) is 11.5. The van der Waals surface area contributed by atoms with Gasteiger partial charge >= 0.3 is 0 Å². The summed E-state index contributed by atoms with van der Waals surface area (Å²) in [7, 11) is 0. The van der Waals surface area contributed by atoms with E-state index in [2.05, 4.69) is 5.32 Å². The summed E-state index contributed by atoms with van der Waals surface area (Å²) in [6.45, 7) is 3.72. The van der Waals surface area contributed by atoms with Gasteiger partial charge in [-0.15, -0.1) is 0 Å². The highest BCUT2D eigenvalue weighted by atomic mass is 19.1. The SMILES string of the molecule is Cc1cccc(NC(C(N)=O)c2ccc(F)cc2C)c1. The van der Waals surface area contributed by atoms with Crippen molar-refractivity contribution in [1.29, 1.82) is 0 Å². The Bertz CT molecular complexity index is 640. The summed E-state index contributed by atoms with van der Waals surface area (Å²) in [6, 6.07) is 11.3. The van der Waals surface area contributed by atoms with Crippen LogP contribution in [0, 0.1) is 19.7 Å². The van der Waals surface area contributed by atoms with E-state index < -0.39 is 11.9 Å². The first kappa shape index (κ1) is 14.1. The number of nitrogens with one attached hydrogen (secondary N) is 1. The Morgan fingerprint density at radius 3 is 2.55 bits per heavy atom. The van der Waals surface area contributed by atoms with Crippen LogP contribution in [0.25, 0.3) is 0 Å². The van der Waals surface area contributed by atoms with E-state index in [1.54, 1.807) is 13.0 Å². The molecule has 0 heterocycles. The first-order valence-electron chi connectivity index (χ1n) is 6.36. The van der Waals surface area contributed by atoms with E-state index in [1.165, 1.54) is 12.1 Å². The highest BCUT2D eigenvalue weighted by molar-refractivity contribution is 5.85. The van der Waals surface area contributed by atoms with Crippen molar-refractivity contribution in [2.45, 2.75) is 19.9 Å². The standard InChI is InChI=1S/C16H17FN2O/c1-10-4-3-5-13(8-10)19-15(16(18)20)14-7-6-12(17)9-11(14)2/h3-9,15,19H,1-2H3,(H2,18,20). The average molecular weight is 272 g/mol. The molecular formula is C16H17FN2O. The van der Waals surface area contributed by atoms with Crippen LogP contribution >= 0.6 is 0 Å². The lowest BCUT2D eigenvalue weighted by atomic mass is 10.00. The molecule has 2 aromatic rings. The summed E-state index contributed by atoms with van der Waals surface area (Å²) in [5.74, 6) is -0.828. The molecule has 0 radical (unpaired) electrons. The first-order chi connectivity index (χ1) is 9.47. The van der Waals surface area contributed by atoms with Crippen LogP contribution in [-0.4, -0.2) is 5.91 Å². The molecule has 2 rings (SSSR count). The highest BCUT2D eigenvalue weighted by Gasteiger charge is 2.19. The fourth-order valence-electron chi connectivity index (χ4n) is 2.17. The highest BCUT2D eigenvalue weighted by Crippen LogP contribution is 2.23. The second kappa shape index (κ2) is 5.74. The molecule has 20 heavy (non-hydrogen) atoms. The summed E-state index contributed by atoms with van der Waals surface area (Å²) in [5.41, 5.74) is 8.72. The molecule has 0 aromatic heterocycles. The Morgan fingerprint density at radius 1 is 1.20 bits per heavy atom. The minimum absolute atomic E-state index is 0.329. The molecule has 0 bridgehead atoms. The van der Waals surface area contributed by atoms with Crippen LogP contribution in [0.5, 0.6) is 0 Å². The van der Waals surface area contributed by atoms with Gasteiger partial charge in [-0.3, -0.25) is 4.79 Å². The normalized spacial score (nSPS) is 11.9. The van der Waals surface area contributed by atoms with E-state index in [0.717, 1.165) is 11.3 Å². The van der Waals surface area contributed by atoms with Crippen LogP contribution in [0.4, 0.5) is 10.1 Å². The second-order valence-electron chi connectivity index (χ2n) is 4.85. The summed E-state index contributed by atoms with van der Waals surface area (Å²) < 4.78 is 13.2.